The van der Waals surface area contributed by atoms with Crippen LogP contribution in [-0.2, 0) is 28.7 Å². The Balaban J connectivity index is 1.91. The molecule has 1 N–H and O–H groups in total. The Morgan fingerprint density at radius 3 is 2.29 bits per heavy atom. The summed E-state index contributed by atoms with van der Waals surface area (Å²) in [5.74, 6) is -3.03. The van der Waals surface area contributed by atoms with Gasteiger partial charge in [0.25, 0.3) is 0 Å². The molecule has 31 heavy (non-hydrogen) atoms. The molecule has 4 saturated carbocycles. The highest BCUT2D eigenvalue weighted by Crippen LogP contribution is 2.70. The average molecular weight is 433 g/mol. The summed E-state index contributed by atoms with van der Waals surface area (Å²) in [5.41, 5.74) is -2.33. The van der Waals surface area contributed by atoms with E-state index >= 15 is 0 Å². The Morgan fingerprint density at radius 1 is 1.10 bits per heavy atom. The second-order valence-electron chi connectivity index (χ2n) is 10.9. The number of ketones is 2. The van der Waals surface area contributed by atoms with Gasteiger partial charge in [-0.25, -0.2) is 0 Å². The van der Waals surface area contributed by atoms with Crippen molar-refractivity contribution >= 4 is 23.5 Å². The van der Waals surface area contributed by atoms with Gasteiger partial charge in [0.2, 0.25) is 0 Å². The summed E-state index contributed by atoms with van der Waals surface area (Å²) in [7, 11) is 0. The summed E-state index contributed by atoms with van der Waals surface area (Å²) in [4.78, 5) is 51.4. The van der Waals surface area contributed by atoms with Crippen molar-refractivity contribution in [1.82, 2.24) is 0 Å². The average Bonchev–Trinajstić information content (AvgIpc) is 2.82. The van der Waals surface area contributed by atoms with E-state index in [0.717, 1.165) is 0 Å². The molecule has 4 fully saturated rings. The molecule has 0 amide bonds. The Kier molecular flexibility index (Phi) is 4.82. The standard InChI is InChI=1S/C24H32O7/c1-11-14-9-15(27)18-23(6)8-7-16(30-12(2)25)22(4,5)19(23)17(28)21(31-13(3)26)24(18,10-14)20(11)29/h14-16,18-19,21,27H,1,7-10H2,2-6H3/t14-,15+,16+,18+,19-,21-,23+,24+/m1/s1. The zero-order valence-electron chi connectivity index (χ0n) is 18.9. The zero-order valence-corrected chi connectivity index (χ0v) is 18.9. The first-order chi connectivity index (χ1) is 14.3. The number of carbonyl (C=O) groups is 4. The quantitative estimate of drug-likeness (QED) is 0.527. The van der Waals surface area contributed by atoms with E-state index in [1.165, 1.54) is 13.8 Å². The van der Waals surface area contributed by atoms with Crippen molar-refractivity contribution in [2.45, 2.75) is 78.6 Å². The van der Waals surface area contributed by atoms with Crippen LogP contribution < -0.4 is 0 Å². The lowest BCUT2D eigenvalue weighted by molar-refractivity contribution is -0.235. The number of ether oxygens (including phenoxy) is 2. The highest BCUT2D eigenvalue weighted by molar-refractivity contribution is 6.08. The summed E-state index contributed by atoms with van der Waals surface area (Å²) in [6, 6.07) is 0. The molecule has 2 bridgehead atoms. The van der Waals surface area contributed by atoms with Crippen LogP contribution in [0, 0.1) is 34.0 Å². The van der Waals surface area contributed by atoms with Crippen LogP contribution in [0.1, 0.15) is 60.3 Å². The van der Waals surface area contributed by atoms with Crippen LogP contribution in [0.25, 0.3) is 0 Å². The van der Waals surface area contributed by atoms with E-state index < -0.39 is 58.3 Å². The van der Waals surface area contributed by atoms with E-state index in [2.05, 4.69) is 6.58 Å². The number of hydrogen-bond acceptors (Lipinski definition) is 7. The third-order valence-electron chi connectivity index (χ3n) is 8.75. The largest absolute Gasteiger partial charge is 0.462 e. The summed E-state index contributed by atoms with van der Waals surface area (Å²) in [6.07, 6.45) is -0.745. The van der Waals surface area contributed by atoms with Gasteiger partial charge in [0, 0.05) is 31.1 Å². The smallest absolute Gasteiger partial charge is 0.303 e. The molecule has 0 radical (unpaired) electrons. The Hall–Kier alpha value is -2.02. The van der Waals surface area contributed by atoms with Crippen molar-refractivity contribution in [2.24, 2.45) is 34.0 Å². The highest BCUT2D eigenvalue weighted by atomic mass is 16.6. The van der Waals surface area contributed by atoms with Crippen molar-refractivity contribution in [1.29, 1.82) is 0 Å². The molecule has 0 saturated heterocycles. The van der Waals surface area contributed by atoms with Gasteiger partial charge in [-0.15, -0.1) is 0 Å². The van der Waals surface area contributed by atoms with Gasteiger partial charge in [0.15, 0.2) is 17.7 Å². The molecule has 4 aliphatic rings. The van der Waals surface area contributed by atoms with Gasteiger partial charge >= 0.3 is 11.9 Å². The minimum atomic E-state index is -1.28. The number of hydrogen-bond donors (Lipinski definition) is 1. The molecule has 1 spiro atoms. The molecule has 0 aromatic rings. The molecule has 7 nitrogen and oxygen atoms in total. The van der Waals surface area contributed by atoms with Crippen LogP contribution in [0.15, 0.2) is 12.2 Å². The fourth-order valence-corrected chi connectivity index (χ4v) is 7.96. The lowest BCUT2D eigenvalue weighted by Crippen LogP contribution is -2.72. The highest BCUT2D eigenvalue weighted by Gasteiger charge is 2.77. The first-order valence-corrected chi connectivity index (χ1v) is 11.1. The molecular weight excluding hydrogens is 400 g/mol. The molecule has 0 heterocycles. The van der Waals surface area contributed by atoms with E-state index in [-0.39, 0.29) is 17.5 Å². The zero-order chi connectivity index (χ0) is 23.1. The topological polar surface area (TPSA) is 107 Å². The molecule has 0 unspecified atom stereocenters. The Bertz CT molecular complexity index is 888. The third-order valence-corrected chi connectivity index (χ3v) is 8.75. The first-order valence-electron chi connectivity index (χ1n) is 11.1. The van der Waals surface area contributed by atoms with E-state index in [4.69, 9.17) is 9.47 Å². The van der Waals surface area contributed by atoms with Crippen molar-refractivity contribution in [3.8, 4) is 0 Å². The van der Waals surface area contributed by atoms with Crippen LogP contribution in [0.2, 0.25) is 0 Å². The summed E-state index contributed by atoms with van der Waals surface area (Å²) in [5, 5.41) is 11.3. The van der Waals surface area contributed by atoms with E-state index in [9.17, 15) is 24.3 Å². The molecule has 4 rings (SSSR count). The van der Waals surface area contributed by atoms with Gasteiger partial charge in [0.1, 0.15) is 6.10 Å². The van der Waals surface area contributed by atoms with Crippen LogP contribution in [0.5, 0.6) is 0 Å². The third kappa shape index (κ3) is 2.74. The van der Waals surface area contributed by atoms with Gasteiger partial charge < -0.3 is 14.6 Å². The lowest BCUT2D eigenvalue weighted by atomic mass is 9.39. The fraction of sp³-hybridized carbons (Fsp3) is 0.750. The number of esters is 2. The summed E-state index contributed by atoms with van der Waals surface area (Å²) >= 11 is 0. The second-order valence-corrected chi connectivity index (χ2v) is 10.9. The molecule has 8 atom stereocenters. The summed E-state index contributed by atoms with van der Waals surface area (Å²) in [6.45, 7) is 12.3. The molecule has 0 aliphatic heterocycles. The van der Waals surface area contributed by atoms with Crippen molar-refractivity contribution in [3.63, 3.8) is 0 Å². The number of rotatable bonds is 2. The number of Topliss-reactive ketones (excluding diaryl/α,β-unsaturated/α-hetero) is 2. The number of allylic oxidation sites excluding steroid dienone is 1. The first kappa shape index (κ1) is 22.2. The molecule has 170 valence electrons. The van der Waals surface area contributed by atoms with Gasteiger partial charge in [-0.3, -0.25) is 19.2 Å². The SMILES string of the molecule is C=C1C(=O)[C@]23C[C@H]1C[C@H](O)[C@H]2[C@]1(C)CC[C@H](OC(C)=O)C(C)(C)[C@H]1C(=O)[C@H]3OC(C)=O. The van der Waals surface area contributed by atoms with Crippen LogP contribution >= 0.6 is 0 Å². The maximum Gasteiger partial charge on any atom is 0.303 e. The number of fused-ring (bicyclic) bond motifs is 3. The minimum Gasteiger partial charge on any atom is -0.462 e. The van der Waals surface area contributed by atoms with Crippen LogP contribution in [0.4, 0.5) is 0 Å². The lowest BCUT2D eigenvalue weighted by Gasteiger charge is -2.65. The normalized spacial score (nSPS) is 45.5. The second kappa shape index (κ2) is 6.74. The van der Waals surface area contributed by atoms with Gasteiger partial charge in [-0.05, 0) is 42.6 Å². The molecular formula is C24H32O7. The van der Waals surface area contributed by atoms with E-state index in [1.54, 1.807) is 0 Å². The Labute approximate surface area is 182 Å². The van der Waals surface area contributed by atoms with Gasteiger partial charge in [-0.1, -0.05) is 27.4 Å². The monoisotopic (exact) mass is 432 g/mol. The predicted octanol–water partition coefficient (Wildman–Crippen LogP) is 2.39. The van der Waals surface area contributed by atoms with E-state index in [1.807, 2.05) is 20.8 Å². The Morgan fingerprint density at radius 2 is 1.71 bits per heavy atom. The van der Waals surface area contributed by atoms with E-state index in [0.29, 0.717) is 31.3 Å². The maximum absolute atomic E-state index is 14.1. The fourth-order valence-electron chi connectivity index (χ4n) is 7.96. The maximum atomic E-state index is 14.1. The van der Waals surface area contributed by atoms with Crippen LogP contribution in [0.3, 0.4) is 0 Å². The summed E-state index contributed by atoms with van der Waals surface area (Å²) < 4.78 is 11.2. The van der Waals surface area contributed by atoms with Crippen molar-refractivity contribution < 1.29 is 33.8 Å². The number of aliphatic hydroxyl groups excluding tert-OH is 1. The van der Waals surface area contributed by atoms with Gasteiger partial charge in [-0.2, -0.15) is 0 Å². The molecule has 0 aromatic heterocycles. The molecule has 4 aliphatic carbocycles. The number of aliphatic hydroxyl groups is 1. The van der Waals surface area contributed by atoms with Crippen molar-refractivity contribution in [2.75, 3.05) is 0 Å². The van der Waals surface area contributed by atoms with Gasteiger partial charge in [0.05, 0.1) is 11.5 Å². The molecule has 7 heteroatoms. The number of carbonyl (C=O) groups excluding carboxylic acids is 4. The van der Waals surface area contributed by atoms with Crippen LogP contribution in [-0.4, -0.2) is 46.9 Å². The van der Waals surface area contributed by atoms with Crippen molar-refractivity contribution in [3.05, 3.63) is 12.2 Å². The minimum absolute atomic E-state index is 0.213. The predicted molar refractivity (Wildman–Crippen MR) is 110 cm³/mol. The molecule has 0 aromatic carbocycles.